The van der Waals surface area contributed by atoms with E-state index in [9.17, 15) is 4.79 Å². The van der Waals surface area contributed by atoms with E-state index in [1.165, 1.54) is 23.1 Å². The summed E-state index contributed by atoms with van der Waals surface area (Å²) in [6, 6.07) is 0. The molecule has 0 radical (unpaired) electrons. The van der Waals surface area contributed by atoms with Crippen molar-refractivity contribution < 1.29 is 9.32 Å². The van der Waals surface area contributed by atoms with Gasteiger partial charge in [0.1, 0.15) is 9.88 Å². The molecule has 0 saturated heterocycles. The third kappa shape index (κ3) is 3.05. The number of rotatable bonds is 6. The lowest BCUT2D eigenvalue weighted by Crippen LogP contribution is -2.10. The van der Waals surface area contributed by atoms with E-state index in [0.717, 1.165) is 9.90 Å². The van der Waals surface area contributed by atoms with E-state index >= 15 is 0 Å². The third-order valence-electron chi connectivity index (χ3n) is 2.52. The molecule has 0 bridgehead atoms. The minimum atomic E-state index is -0.511. The van der Waals surface area contributed by atoms with Crippen LogP contribution in [-0.4, -0.2) is 28.8 Å². The molecule has 2 heterocycles. The normalized spacial score (nSPS) is 10.7. The van der Waals surface area contributed by atoms with E-state index in [0.29, 0.717) is 35.2 Å². The van der Waals surface area contributed by atoms with Crippen LogP contribution < -0.4 is 16.8 Å². The van der Waals surface area contributed by atoms with Crippen molar-refractivity contribution in [3.8, 4) is 0 Å². The summed E-state index contributed by atoms with van der Waals surface area (Å²) < 4.78 is 5.02. The molecule has 0 saturated carbocycles. The zero-order valence-electron chi connectivity index (χ0n) is 11.1. The van der Waals surface area contributed by atoms with Crippen molar-refractivity contribution >= 4 is 39.7 Å². The Kier molecular flexibility index (Phi) is 4.50. The maximum atomic E-state index is 11.3. The number of carbonyl (C=O) groups excluding carboxylic acids is 1. The van der Waals surface area contributed by atoms with Crippen molar-refractivity contribution in [3.63, 3.8) is 0 Å². The summed E-state index contributed by atoms with van der Waals surface area (Å²) in [6.07, 6.45) is 2.49. The van der Waals surface area contributed by atoms with E-state index in [1.54, 1.807) is 6.92 Å². The fourth-order valence-electron chi connectivity index (χ4n) is 1.66. The topological polar surface area (TPSA) is 120 Å². The molecule has 0 aliphatic rings. The van der Waals surface area contributed by atoms with Gasteiger partial charge in [-0.3, -0.25) is 4.79 Å². The van der Waals surface area contributed by atoms with Crippen LogP contribution in [0.15, 0.2) is 9.42 Å². The molecule has 0 aromatic carbocycles. The highest BCUT2D eigenvalue weighted by atomic mass is 32.2. The Hall–Kier alpha value is -1.74. The van der Waals surface area contributed by atoms with Gasteiger partial charge in [0.2, 0.25) is 5.89 Å². The molecule has 5 N–H and O–H groups in total. The minimum Gasteiger partial charge on any atom is -0.396 e. The minimum absolute atomic E-state index is 0.380. The molecule has 20 heavy (non-hydrogen) atoms. The number of amides is 1. The standard InChI is InChI=1S/C11H15N5O2S2/c1-5-15-6(18-16-5)3-4-14-11-9(19-2)7(12)8(20-11)10(13)17/h14H,3-4,12H2,1-2H3,(H2,13,17). The summed E-state index contributed by atoms with van der Waals surface area (Å²) in [5.41, 5.74) is 11.6. The molecule has 0 unspecified atom stereocenters. The summed E-state index contributed by atoms with van der Waals surface area (Å²) in [5.74, 6) is 0.671. The quantitative estimate of drug-likeness (QED) is 0.691. The summed E-state index contributed by atoms with van der Waals surface area (Å²) in [6.45, 7) is 2.37. The van der Waals surface area contributed by atoms with Crippen LogP contribution in [0.25, 0.3) is 0 Å². The predicted octanol–water partition coefficient (Wildman–Crippen LogP) is 1.50. The SMILES string of the molecule is CSc1c(NCCc2nc(C)no2)sc(C(N)=O)c1N. The Labute approximate surface area is 124 Å². The van der Waals surface area contributed by atoms with Crippen LogP contribution in [0, 0.1) is 6.92 Å². The molecule has 2 aromatic heterocycles. The van der Waals surface area contributed by atoms with Crippen LogP contribution >= 0.6 is 23.1 Å². The Morgan fingerprint density at radius 1 is 1.55 bits per heavy atom. The maximum Gasteiger partial charge on any atom is 0.261 e. The largest absolute Gasteiger partial charge is 0.396 e. The Morgan fingerprint density at radius 3 is 2.85 bits per heavy atom. The first-order chi connectivity index (χ1) is 9.52. The van der Waals surface area contributed by atoms with Gasteiger partial charge in [0.05, 0.1) is 10.6 Å². The van der Waals surface area contributed by atoms with Gasteiger partial charge in [-0.25, -0.2) is 0 Å². The Balaban J connectivity index is 2.05. The number of nitrogens with zero attached hydrogens (tertiary/aromatic N) is 2. The average Bonchev–Trinajstić information content (AvgIpc) is 2.94. The lowest BCUT2D eigenvalue weighted by molar-refractivity contribution is 0.100. The van der Waals surface area contributed by atoms with Gasteiger partial charge < -0.3 is 21.3 Å². The molecule has 2 aromatic rings. The van der Waals surface area contributed by atoms with E-state index < -0.39 is 5.91 Å². The van der Waals surface area contributed by atoms with E-state index in [4.69, 9.17) is 16.0 Å². The number of primary amides is 1. The summed E-state index contributed by atoms with van der Waals surface area (Å²) in [7, 11) is 0. The lowest BCUT2D eigenvalue weighted by atomic mass is 10.3. The zero-order valence-corrected chi connectivity index (χ0v) is 12.7. The van der Waals surface area contributed by atoms with Crippen LogP contribution in [0.3, 0.4) is 0 Å². The van der Waals surface area contributed by atoms with Gasteiger partial charge in [-0.15, -0.1) is 23.1 Å². The number of nitrogens with two attached hydrogens (primary N) is 2. The Morgan fingerprint density at radius 2 is 2.30 bits per heavy atom. The van der Waals surface area contributed by atoms with Crippen molar-refractivity contribution in [1.29, 1.82) is 0 Å². The monoisotopic (exact) mass is 313 g/mol. The van der Waals surface area contributed by atoms with Gasteiger partial charge >= 0.3 is 0 Å². The summed E-state index contributed by atoms with van der Waals surface area (Å²) >= 11 is 2.74. The van der Waals surface area contributed by atoms with Crippen molar-refractivity contribution in [2.75, 3.05) is 23.9 Å². The molecule has 0 atom stereocenters. The second kappa shape index (κ2) is 6.14. The molecule has 0 spiro atoms. The van der Waals surface area contributed by atoms with Gasteiger partial charge in [-0.1, -0.05) is 5.16 Å². The average molecular weight is 313 g/mol. The third-order valence-corrected chi connectivity index (χ3v) is 4.66. The molecular formula is C11H15N5O2S2. The van der Waals surface area contributed by atoms with Crippen molar-refractivity contribution in [2.24, 2.45) is 5.73 Å². The molecule has 7 nitrogen and oxygen atoms in total. The first-order valence-electron chi connectivity index (χ1n) is 5.82. The van der Waals surface area contributed by atoms with E-state index in [1.807, 2.05) is 6.26 Å². The predicted molar refractivity (Wildman–Crippen MR) is 80.3 cm³/mol. The van der Waals surface area contributed by atoms with Crippen molar-refractivity contribution in [2.45, 2.75) is 18.2 Å². The second-order valence-electron chi connectivity index (χ2n) is 3.98. The number of aryl methyl sites for hydroxylation is 1. The number of aromatic nitrogens is 2. The van der Waals surface area contributed by atoms with E-state index in [-0.39, 0.29) is 0 Å². The number of hydrogen-bond donors (Lipinski definition) is 3. The highest BCUT2D eigenvalue weighted by molar-refractivity contribution is 7.99. The van der Waals surface area contributed by atoms with Crippen LogP contribution in [-0.2, 0) is 6.42 Å². The lowest BCUT2D eigenvalue weighted by Gasteiger charge is -2.04. The molecule has 1 amide bonds. The first-order valence-corrected chi connectivity index (χ1v) is 7.86. The molecule has 108 valence electrons. The number of thiophene rings is 1. The highest BCUT2D eigenvalue weighted by Crippen LogP contribution is 2.41. The van der Waals surface area contributed by atoms with E-state index in [2.05, 4.69) is 15.5 Å². The fourth-order valence-corrected chi connectivity index (χ4v) is 3.57. The van der Waals surface area contributed by atoms with Gasteiger partial charge in [-0.05, 0) is 13.2 Å². The van der Waals surface area contributed by atoms with Crippen LogP contribution in [0.5, 0.6) is 0 Å². The van der Waals surface area contributed by atoms with Crippen LogP contribution in [0.2, 0.25) is 0 Å². The number of carbonyl (C=O) groups is 1. The van der Waals surface area contributed by atoms with Crippen LogP contribution in [0.4, 0.5) is 10.7 Å². The Bertz CT molecular complexity index is 622. The number of anilines is 2. The van der Waals surface area contributed by atoms with Crippen molar-refractivity contribution in [1.82, 2.24) is 10.1 Å². The molecule has 0 fully saturated rings. The van der Waals surface area contributed by atoms with Gasteiger partial charge in [0, 0.05) is 13.0 Å². The maximum absolute atomic E-state index is 11.3. The second-order valence-corrected chi connectivity index (χ2v) is 5.82. The first kappa shape index (κ1) is 14.7. The summed E-state index contributed by atoms with van der Waals surface area (Å²) in [4.78, 5) is 16.6. The number of hydrogen-bond acceptors (Lipinski definition) is 8. The van der Waals surface area contributed by atoms with Crippen molar-refractivity contribution in [3.05, 3.63) is 16.6 Å². The number of thioether (sulfide) groups is 1. The zero-order chi connectivity index (χ0) is 14.7. The smallest absolute Gasteiger partial charge is 0.261 e. The van der Waals surface area contributed by atoms with Gasteiger partial charge in [0.25, 0.3) is 5.91 Å². The molecular weight excluding hydrogens is 298 g/mol. The van der Waals surface area contributed by atoms with Crippen LogP contribution in [0.1, 0.15) is 21.4 Å². The highest BCUT2D eigenvalue weighted by Gasteiger charge is 2.18. The number of nitrogen functional groups attached to an aromatic ring is 1. The molecule has 9 heteroatoms. The fraction of sp³-hybridized carbons (Fsp3) is 0.364. The van der Waals surface area contributed by atoms with Gasteiger partial charge in [-0.2, -0.15) is 4.98 Å². The molecule has 2 rings (SSSR count). The molecule has 0 aliphatic carbocycles. The molecule has 0 aliphatic heterocycles. The van der Waals surface area contributed by atoms with Gasteiger partial charge in [0.15, 0.2) is 5.82 Å². The summed E-state index contributed by atoms with van der Waals surface area (Å²) in [5, 5.41) is 7.77. The number of nitrogens with one attached hydrogen (secondary N) is 1.